The maximum Gasteiger partial charge on any atom is 0.136 e. The van der Waals surface area contributed by atoms with Gasteiger partial charge in [0, 0.05) is 12.3 Å². The molecule has 0 heterocycles. The third-order valence-electron chi connectivity index (χ3n) is 6.34. The van der Waals surface area contributed by atoms with Crippen molar-refractivity contribution in [3.63, 3.8) is 0 Å². The summed E-state index contributed by atoms with van der Waals surface area (Å²) in [6.45, 7) is 9.52. The molecule has 0 saturated heterocycles. The number of ketones is 1. The van der Waals surface area contributed by atoms with E-state index in [4.69, 9.17) is 0 Å². The number of hydrogen-bond acceptors (Lipinski definition) is 1. The fraction of sp³-hybridized carbons (Fsp3) is 0.933. The minimum absolute atomic E-state index is 0.331. The first-order valence-electron chi connectivity index (χ1n) is 6.91. The van der Waals surface area contributed by atoms with E-state index < -0.39 is 0 Å². The van der Waals surface area contributed by atoms with Crippen LogP contribution in [0.25, 0.3) is 0 Å². The average Bonchev–Trinajstić information content (AvgIpc) is 2.34. The van der Waals surface area contributed by atoms with Gasteiger partial charge in [0.1, 0.15) is 5.78 Å². The molecule has 0 radical (unpaired) electrons. The lowest BCUT2D eigenvalue weighted by molar-refractivity contribution is -0.204. The first-order chi connectivity index (χ1) is 7.38. The van der Waals surface area contributed by atoms with Crippen LogP contribution in [0.1, 0.15) is 53.4 Å². The summed E-state index contributed by atoms with van der Waals surface area (Å²) in [5, 5.41) is 0. The van der Waals surface area contributed by atoms with Crippen LogP contribution in [0.15, 0.2) is 0 Å². The molecular formula is C15H24O. The Kier molecular flexibility index (Phi) is 1.97. The molecule has 5 atom stereocenters. The molecule has 1 heteroatoms. The lowest BCUT2D eigenvalue weighted by Crippen LogP contribution is -2.65. The lowest BCUT2D eigenvalue weighted by Gasteiger charge is -2.68. The Balaban J connectivity index is 2.03. The van der Waals surface area contributed by atoms with Crippen LogP contribution >= 0.6 is 0 Å². The molecule has 0 spiro atoms. The van der Waals surface area contributed by atoms with Crippen molar-refractivity contribution in [3.8, 4) is 0 Å². The summed E-state index contributed by atoms with van der Waals surface area (Å²) in [7, 11) is 0. The highest BCUT2D eigenvalue weighted by atomic mass is 16.1. The maximum atomic E-state index is 11.9. The van der Waals surface area contributed by atoms with Crippen LogP contribution in [-0.4, -0.2) is 5.78 Å². The van der Waals surface area contributed by atoms with Gasteiger partial charge < -0.3 is 0 Å². The largest absolute Gasteiger partial charge is 0.299 e. The van der Waals surface area contributed by atoms with E-state index in [2.05, 4.69) is 27.7 Å². The van der Waals surface area contributed by atoms with E-state index in [1.165, 1.54) is 19.3 Å². The van der Waals surface area contributed by atoms with Crippen LogP contribution in [0.4, 0.5) is 0 Å². The Morgan fingerprint density at radius 1 is 1.12 bits per heavy atom. The minimum atomic E-state index is 0.331. The number of rotatable bonds is 0. The smallest absolute Gasteiger partial charge is 0.136 e. The summed E-state index contributed by atoms with van der Waals surface area (Å²) in [6, 6.07) is 0. The van der Waals surface area contributed by atoms with Crippen molar-refractivity contribution < 1.29 is 4.79 Å². The van der Waals surface area contributed by atoms with Crippen molar-refractivity contribution in [2.75, 3.05) is 0 Å². The van der Waals surface area contributed by atoms with Gasteiger partial charge in [-0.25, -0.2) is 0 Å². The van der Waals surface area contributed by atoms with Crippen molar-refractivity contribution in [1.82, 2.24) is 0 Å². The molecule has 4 aliphatic carbocycles. The van der Waals surface area contributed by atoms with Gasteiger partial charge >= 0.3 is 0 Å². The van der Waals surface area contributed by atoms with Gasteiger partial charge in [0.05, 0.1) is 0 Å². The van der Waals surface area contributed by atoms with Crippen molar-refractivity contribution in [2.45, 2.75) is 53.4 Å². The van der Waals surface area contributed by atoms with Gasteiger partial charge in [-0.2, -0.15) is 0 Å². The maximum absolute atomic E-state index is 11.9. The Bertz CT molecular complexity index is 343. The molecule has 4 rings (SSSR count). The zero-order valence-electron chi connectivity index (χ0n) is 11.0. The van der Waals surface area contributed by atoms with Crippen molar-refractivity contribution >= 4 is 5.78 Å². The highest BCUT2D eigenvalue weighted by Crippen LogP contribution is 2.72. The molecule has 0 N–H and O–H groups in total. The minimum Gasteiger partial charge on any atom is -0.299 e. The van der Waals surface area contributed by atoms with Gasteiger partial charge in [-0.3, -0.25) is 4.79 Å². The Hall–Kier alpha value is -0.330. The molecule has 1 nitrogen and oxygen atoms in total. The van der Waals surface area contributed by atoms with Crippen molar-refractivity contribution in [3.05, 3.63) is 0 Å². The number of carbonyl (C=O) groups is 1. The molecule has 0 unspecified atom stereocenters. The molecule has 90 valence electrons. The van der Waals surface area contributed by atoms with Crippen LogP contribution in [0, 0.1) is 34.5 Å². The molecule has 4 aliphatic rings. The second-order valence-corrected chi connectivity index (χ2v) is 7.47. The van der Waals surface area contributed by atoms with Gasteiger partial charge in [-0.15, -0.1) is 0 Å². The molecule has 4 saturated carbocycles. The van der Waals surface area contributed by atoms with E-state index in [0.29, 0.717) is 34.4 Å². The van der Waals surface area contributed by atoms with E-state index >= 15 is 0 Å². The first kappa shape index (κ1) is 10.8. The predicted octanol–water partition coefficient (Wildman–Crippen LogP) is 3.67. The molecule has 0 aromatic carbocycles. The number of Topliss-reactive ketones (excluding diaryl/α,β-unsaturated/α-hetero) is 1. The summed E-state index contributed by atoms with van der Waals surface area (Å²) in [5.74, 6) is 3.10. The average molecular weight is 220 g/mol. The summed E-state index contributed by atoms with van der Waals surface area (Å²) in [6.07, 6.45) is 4.97. The highest BCUT2D eigenvalue weighted by Gasteiger charge is 2.68. The second-order valence-electron chi connectivity index (χ2n) is 7.47. The van der Waals surface area contributed by atoms with Crippen LogP contribution in [0.3, 0.4) is 0 Å². The Morgan fingerprint density at radius 3 is 2.44 bits per heavy atom. The van der Waals surface area contributed by atoms with E-state index in [0.717, 1.165) is 12.3 Å². The van der Waals surface area contributed by atoms with E-state index in [1.807, 2.05) is 0 Å². The van der Waals surface area contributed by atoms with Gasteiger partial charge in [0.15, 0.2) is 0 Å². The molecule has 0 amide bonds. The topological polar surface area (TPSA) is 17.1 Å². The Morgan fingerprint density at radius 2 is 1.81 bits per heavy atom. The van der Waals surface area contributed by atoms with E-state index in [1.54, 1.807) is 0 Å². The quantitative estimate of drug-likeness (QED) is 0.608. The van der Waals surface area contributed by atoms with Crippen molar-refractivity contribution in [1.29, 1.82) is 0 Å². The number of hydrogen-bond donors (Lipinski definition) is 0. The standard InChI is InChI=1S/C15H24O/c1-9-11(16)8-10-13-12(9)15(10,4)7-5-6-14(13,2)3/h9-10,12-13H,5-8H2,1-4H3/t9-,10+,12-,13+,15-/m0/s1. The van der Waals surface area contributed by atoms with Crippen molar-refractivity contribution in [2.24, 2.45) is 34.5 Å². The third-order valence-corrected chi connectivity index (χ3v) is 6.34. The zero-order chi connectivity index (χ0) is 11.7. The molecular weight excluding hydrogens is 196 g/mol. The highest BCUT2D eigenvalue weighted by molar-refractivity contribution is 5.83. The van der Waals surface area contributed by atoms with Gasteiger partial charge in [-0.1, -0.05) is 34.1 Å². The first-order valence-corrected chi connectivity index (χ1v) is 6.91. The van der Waals surface area contributed by atoms with Crippen LogP contribution < -0.4 is 0 Å². The van der Waals surface area contributed by atoms with Crippen LogP contribution in [0.5, 0.6) is 0 Å². The number of carbonyl (C=O) groups excluding carboxylic acids is 1. The van der Waals surface area contributed by atoms with Gasteiger partial charge in [0.25, 0.3) is 0 Å². The summed E-state index contributed by atoms with van der Waals surface area (Å²) < 4.78 is 0. The summed E-state index contributed by atoms with van der Waals surface area (Å²) >= 11 is 0. The predicted molar refractivity (Wildman–Crippen MR) is 65.0 cm³/mol. The zero-order valence-corrected chi connectivity index (χ0v) is 11.0. The van der Waals surface area contributed by atoms with Crippen LogP contribution in [-0.2, 0) is 4.79 Å². The second kappa shape index (κ2) is 2.91. The molecule has 4 fully saturated rings. The molecule has 16 heavy (non-hydrogen) atoms. The van der Waals surface area contributed by atoms with Crippen LogP contribution in [0.2, 0.25) is 0 Å². The lowest BCUT2D eigenvalue weighted by atomic mass is 9.36. The summed E-state index contributed by atoms with van der Waals surface area (Å²) in [5.41, 5.74) is 0.978. The monoisotopic (exact) mass is 220 g/mol. The van der Waals surface area contributed by atoms with E-state index in [9.17, 15) is 4.79 Å². The van der Waals surface area contributed by atoms with Gasteiger partial charge in [-0.05, 0) is 41.4 Å². The normalized spacial score (nSPS) is 54.1. The molecule has 4 bridgehead atoms. The van der Waals surface area contributed by atoms with E-state index in [-0.39, 0.29) is 0 Å². The third kappa shape index (κ3) is 1.05. The van der Waals surface area contributed by atoms with Gasteiger partial charge in [0.2, 0.25) is 0 Å². The fourth-order valence-corrected chi connectivity index (χ4v) is 5.52. The SMILES string of the molecule is C[C@H]1C(=O)C[C@@H]2[C@@H]3[C@H]1[C@@]2(C)CCCC3(C)C. The number of fused-ring (bicyclic) bond motifs is 2. The fourth-order valence-electron chi connectivity index (χ4n) is 5.52. The molecule has 0 aromatic heterocycles. The Labute approximate surface area is 99.0 Å². The molecule has 0 aliphatic heterocycles. The molecule has 0 aromatic rings. The summed E-state index contributed by atoms with van der Waals surface area (Å²) in [4.78, 5) is 11.9.